The molecule has 0 atom stereocenters. The number of aryl methyl sites for hydroxylation is 1. The van der Waals surface area contributed by atoms with E-state index in [-0.39, 0.29) is 10.5 Å². The second kappa shape index (κ2) is 4.18. The Bertz CT molecular complexity index is 644. The summed E-state index contributed by atoms with van der Waals surface area (Å²) in [6.45, 7) is 1.66. The Morgan fingerprint density at radius 1 is 1.35 bits per heavy atom. The molecule has 0 aliphatic carbocycles. The van der Waals surface area contributed by atoms with E-state index in [4.69, 9.17) is 16.0 Å². The third-order valence-electron chi connectivity index (χ3n) is 2.33. The lowest BCUT2D eigenvalue weighted by Gasteiger charge is -2.07. The van der Waals surface area contributed by atoms with Crippen LogP contribution in [0.15, 0.2) is 39.8 Å². The fraction of sp³-hybridized carbons (Fsp3) is 0.0909. The molecule has 1 aromatic heterocycles. The number of hydrogen-bond donors (Lipinski definition) is 1. The zero-order valence-corrected chi connectivity index (χ0v) is 10.4. The molecule has 0 radical (unpaired) electrons. The third-order valence-corrected chi connectivity index (χ3v) is 3.63. The van der Waals surface area contributed by atoms with Crippen molar-refractivity contribution in [3.8, 4) is 11.3 Å². The molecule has 0 unspecified atom stereocenters. The van der Waals surface area contributed by atoms with Crippen LogP contribution in [0, 0.1) is 6.92 Å². The highest BCUT2D eigenvalue weighted by molar-refractivity contribution is 7.86. The van der Waals surface area contributed by atoms with Gasteiger partial charge in [-0.15, -0.1) is 0 Å². The van der Waals surface area contributed by atoms with Crippen molar-refractivity contribution in [2.75, 3.05) is 0 Å². The van der Waals surface area contributed by atoms with Crippen LogP contribution in [0.5, 0.6) is 0 Å². The predicted molar refractivity (Wildman–Crippen MR) is 63.7 cm³/mol. The predicted octanol–water partition coefficient (Wildman–Crippen LogP) is 3.16. The lowest BCUT2D eigenvalue weighted by molar-refractivity contribution is 0.482. The molecule has 0 aliphatic rings. The minimum Gasteiger partial charge on any atom is -0.464 e. The molecule has 0 saturated carbocycles. The van der Waals surface area contributed by atoms with Gasteiger partial charge in [-0.3, -0.25) is 4.55 Å². The van der Waals surface area contributed by atoms with E-state index in [2.05, 4.69) is 0 Å². The van der Waals surface area contributed by atoms with Crippen molar-refractivity contribution in [1.82, 2.24) is 0 Å². The van der Waals surface area contributed by atoms with Gasteiger partial charge in [-0.25, -0.2) is 0 Å². The normalized spacial score (nSPS) is 11.7. The van der Waals surface area contributed by atoms with Gasteiger partial charge in [0.2, 0.25) is 0 Å². The smallest absolute Gasteiger partial charge is 0.295 e. The molecule has 0 spiro atoms. The van der Waals surface area contributed by atoms with Gasteiger partial charge in [0, 0.05) is 10.6 Å². The van der Waals surface area contributed by atoms with Crippen LogP contribution in [-0.4, -0.2) is 13.0 Å². The summed E-state index contributed by atoms with van der Waals surface area (Å²) in [5.74, 6) is 0.333. The van der Waals surface area contributed by atoms with Gasteiger partial charge < -0.3 is 4.42 Å². The fourth-order valence-corrected chi connectivity index (χ4v) is 2.42. The van der Waals surface area contributed by atoms with E-state index in [1.165, 1.54) is 18.4 Å². The van der Waals surface area contributed by atoms with E-state index in [1.807, 2.05) is 0 Å². The van der Waals surface area contributed by atoms with E-state index >= 15 is 0 Å². The van der Waals surface area contributed by atoms with Crippen molar-refractivity contribution in [1.29, 1.82) is 0 Å². The highest BCUT2D eigenvalue weighted by atomic mass is 35.5. The summed E-state index contributed by atoms with van der Waals surface area (Å²) in [5, 5.41) is 0.406. The fourth-order valence-electron chi connectivity index (χ4n) is 1.49. The van der Waals surface area contributed by atoms with Gasteiger partial charge in [0.05, 0.1) is 6.26 Å². The van der Waals surface area contributed by atoms with Gasteiger partial charge in [-0.05, 0) is 36.8 Å². The van der Waals surface area contributed by atoms with Gasteiger partial charge in [0.25, 0.3) is 10.1 Å². The van der Waals surface area contributed by atoms with Crippen LogP contribution in [0.25, 0.3) is 11.3 Å². The molecule has 2 aromatic rings. The van der Waals surface area contributed by atoms with Gasteiger partial charge in [-0.2, -0.15) is 8.42 Å². The van der Waals surface area contributed by atoms with Gasteiger partial charge >= 0.3 is 0 Å². The van der Waals surface area contributed by atoms with Crippen molar-refractivity contribution in [3.05, 3.63) is 41.1 Å². The number of furan rings is 1. The summed E-state index contributed by atoms with van der Waals surface area (Å²) < 4.78 is 36.9. The number of rotatable bonds is 2. The standard InChI is InChI=1S/C11H9ClO4S/c1-7-5-11(17(13,14)15)8(6-9(7)12)10-3-2-4-16-10/h2-6H,1H3,(H,13,14,15). The number of halogens is 1. The summed E-state index contributed by atoms with van der Waals surface area (Å²) in [7, 11) is -4.32. The van der Waals surface area contributed by atoms with Crippen LogP contribution in [0.4, 0.5) is 0 Å². The molecule has 0 fully saturated rings. The van der Waals surface area contributed by atoms with E-state index in [1.54, 1.807) is 19.1 Å². The molecular formula is C11H9ClO4S. The molecule has 1 N–H and O–H groups in total. The molecule has 0 bridgehead atoms. The first-order valence-electron chi connectivity index (χ1n) is 4.71. The summed E-state index contributed by atoms with van der Waals surface area (Å²) in [4.78, 5) is -0.214. The molecule has 6 heteroatoms. The Labute approximate surface area is 104 Å². The summed E-state index contributed by atoms with van der Waals surface area (Å²) in [5.41, 5.74) is 0.808. The first kappa shape index (κ1) is 12.2. The average molecular weight is 273 g/mol. The van der Waals surface area contributed by atoms with Gasteiger partial charge in [0.1, 0.15) is 10.7 Å². The van der Waals surface area contributed by atoms with Crippen LogP contribution in [0.2, 0.25) is 5.02 Å². The topological polar surface area (TPSA) is 67.5 Å². The maximum atomic E-state index is 11.3. The Kier molecular flexibility index (Phi) is 2.99. The van der Waals surface area contributed by atoms with Crippen LogP contribution < -0.4 is 0 Å². The second-order valence-corrected chi connectivity index (χ2v) is 5.35. The molecule has 0 amide bonds. The molecule has 0 aliphatic heterocycles. The minimum absolute atomic E-state index is 0.214. The van der Waals surface area contributed by atoms with Crippen LogP contribution in [0.3, 0.4) is 0 Å². The largest absolute Gasteiger partial charge is 0.464 e. The van der Waals surface area contributed by atoms with Crippen molar-refractivity contribution < 1.29 is 17.4 Å². The maximum absolute atomic E-state index is 11.3. The van der Waals surface area contributed by atoms with Gasteiger partial charge in [0.15, 0.2) is 0 Å². The van der Waals surface area contributed by atoms with Gasteiger partial charge in [-0.1, -0.05) is 11.6 Å². The highest BCUT2D eigenvalue weighted by Crippen LogP contribution is 2.32. The van der Waals surface area contributed by atoms with Crippen LogP contribution in [0.1, 0.15) is 5.56 Å². The van der Waals surface area contributed by atoms with Crippen LogP contribution in [-0.2, 0) is 10.1 Å². The molecule has 0 saturated heterocycles. The molecule has 1 aromatic carbocycles. The lowest BCUT2D eigenvalue weighted by Crippen LogP contribution is -2.01. The van der Waals surface area contributed by atoms with Crippen molar-refractivity contribution in [2.24, 2.45) is 0 Å². The number of benzene rings is 1. The highest BCUT2D eigenvalue weighted by Gasteiger charge is 2.19. The SMILES string of the molecule is Cc1cc(S(=O)(=O)O)c(-c2ccco2)cc1Cl. The quantitative estimate of drug-likeness (QED) is 0.853. The minimum atomic E-state index is -4.32. The van der Waals surface area contributed by atoms with Crippen LogP contribution >= 0.6 is 11.6 Å². The van der Waals surface area contributed by atoms with E-state index < -0.39 is 10.1 Å². The second-order valence-electron chi connectivity index (χ2n) is 3.55. The zero-order valence-electron chi connectivity index (χ0n) is 8.84. The molecule has 1 heterocycles. The molecule has 17 heavy (non-hydrogen) atoms. The Balaban J connectivity index is 2.78. The molecule has 4 nitrogen and oxygen atoms in total. The lowest BCUT2D eigenvalue weighted by atomic mass is 10.1. The van der Waals surface area contributed by atoms with Crippen molar-refractivity contribution >= 4 is 21.7 Å². The summed E-state index contributed by atoms with van der Waals surface area (Å²) in [6.07, 6.45) is 1.41. The summed E-state index contributed by atoms with van der Waals surface area (Å²) in [6, 6.07) is 5.99. The summed E-state index contributed by atoms with van der Waals surface area (Å²) >= 11 is 5.93. The maximum Gasteiger partial charge on any atom is 0.295 e. The third kappa shape index (κ3) is 2.36. The monoisotopic (exact) mass is 272 g/mol. The van der Waals surface area contributed by atoms with E-state index in [9.17, 15) is 13.0 Å². The Hall–Kier alpha value is -1.30. The van der Waals surface area contributed by atoms with E-state index in [0.29, 0.717) is 16.3 Å². The van der Waals surface area contributed by atoms with Crippen molar-refractivity contribution in [3.63, 3.8) is 0 Å². The number of hydrogen-bond acceptors (Lipinski definition) is 3. The van der Waals surface area contributed by atoms with E-state index in [0.717, 1.165) is 0 Å². The Morgan fingerprint density at radius 2 is 2.06 bits per heavy atom. The first-order valence-corrected chi connectivity index (χ1v) is 6.53. The Morgan fingerprint density at radius 3 is 2.59 bits per heavy atom. The zero-order chi connectivity index (χ0) is 12.6. The average Bonchev–Trinajstić information content (AvgIpc) is 2.73. The molecule has 90 valence electrons. The first-order chi connectivity index (χ1) is 7.89. The molecule has 2 rings (SSSR count). The van der Waals surface area contributed by atoms with Crippen molar-refractivity contribution in [2.45, 2.75) is 11.8 Å². The molecular weight excluding hydrogens is 264 g/mol.